The molecule has 1 aromatic carbocycles. The van der Waals surface area contributed by atoms with Gasteiger partial charge in [0.1, 0.15) is 4.34 Å². The monoisotopic (exact) mass is 274 g/mol. The summed E-state index contributed by atoms with van der Waals surface area (Å²) in [5, 5.41) is 2.90. The van der Waals surface area contributed by atoms with Gasteiger partial charge < -0.3 is 4.98 Å². The number of hydrogen-bond donors (Lipinski definition) is 1. The molecular formula is C13H10N2OS2. The summed E-state index contributed by atoms with van der Waals surface area (Å²) in [6, 6.07) is 7.84. The number of benzene rings is 1. The van der Waals surface area contributed by atoms with Crippen molar-refractivity contribution < 1.29 is 4.79 Å². The lowest BCUT2D eigenvalue weighted by molar-refractivity contribution is 0.102. The summed E-state index contributed by atoms with van der Waals surface area (Å²) < 4.78 is 0.934. The van der Waals surface area contributed by atoms with Crippen LogP contribution in [0.3, 0.4) is 0 Å². The topological polar surface area (TPSA) is 45.8 Å². The summed E-state index contributed by atoms with van der Waals surface area (Å²) in [4.78, 5) is 19.4. The van der Waals surface area contributed by atoms with Gasteiger partial charge in [-0.05, 0) is 6.07 Å². The van der Waals surface area contributed by atoms with Crippen LogP contribution in [0.4, 0.5) is 0 Å². The molecule has 5 heteroatoms. The Bertz CT molecular complexity index is 673. The molecule has 0 atom stereocenters. The minimum absolute atomic E-state index is 0.132. The molecule has 3 nitrogen and oxygen atoms in total. The Morgan fingerprint density at radius 1 is 1.39 bits per heavy atom. The zero-order valence-electron chi connectivity index (χ0n) is 9.42. The van der Waals surface area contributed by atoms with Crippen LogP contribution in [-0.4, -0.2) is 21.5 Å². The SMILES string of the molecule is O=C(CSc1nccs1)c1c[nH]c2ccccc12. The van der Waals surface area contributed by atoms with E-state index in [-0.39, 0.29) is 5.78 Å². The minimum Gasteiger partial charge on any atom is -0.360 e. The van der Waals surface area contributed by atoms with E-state index < -0.39 is 0 Å². The number of para-hydroxylation sites is 1. The summed E-state index contributed by atoms with van der Waals surface area (Å²) >= 11 is 3.04. The molecule has 0 amide bonds. The lowest BCUT2D eigenvalue weighted by Crippen LogP contribution is -2.00. The lowest BCUT2D eigenvalue weighted by Gasteiger charge is -1.97. The van der Waals surface area contributed by atoms with Crippen LogP contribution in [-0.2, 0) is 0 Å². The third-order valence-corrected chi connectivity index (χ3v) is 4.59. The number of hydrogen-bond acceptors (Lipinski definition) is 4. The van der Waals surface area contributed by atoms with Gasteiger partial charge in [0.15, 0.2) is 5.78 Å². The molecule has 1 N–H and O–H groups in total. The summed E-state index contributed by atoms with van der Waals surface area (Å²) in [5.41, 5.74) is 1.76. The van der Waals surface area contributed by atoms with E-state index >= 15 is 0 Å². The molecule has 2 heterocycles. The van der Waals surface area contributed by atoms with Crippen molar-refractivity contribution in [1.82, 2.24) is 9.97 Å². The second-order valence-electron chi connectivity index (χ2n) is 3.76. The molecule has 0 saturated heterocycles. The maximum atomic E-state index is 12.2. The quantitative estimate of drug-likeness (QED) is 0.584. The molecular weight excluding hydrogens is 264 g/mol. The fourth-order valence-electron chi connectivity index (χ4n) is 1.79. The Morgan fingerprint density at radius 3 is 3.11 bits per heavy atom. The van der Waals surface area contributed by atoms with Crippen LogP contribution in [0, 0.1) is 0 Å². The maximum absolute atomic E-state index is 12.2. The number of H-pyrrole nitrogens is 1. The van der Waals surface area contributed by atoms with E-state index in [2.05, 4.69) is 9.97 Å². The highest BCUT2D eigenvalue weighted by Crippen LogP contribution is 2.24. The van der Waals surface area contributed by atoms with Crippen LogP contribution in [0.25, 0.3) is 10.9 Å². The van der Waals surface area contributed by atoms with Gasteiger partial charge in [-0.3, -0.25) is 4.79 Å². The van der Waals surface area contributed by atoms with Gasteiger partial charge in [0, 0.05) is 34.2 Å². The standard InChI is InChI=1S/C13H10N2OS2/c16-12(8-18-13-14-5-6-17-13)10-7-15-11-4-2-1-3-9(10)11/h1-7,15H,8H2. The van der Waals surface area contributed by atoms with E-state index in [1.54, 1.807) is 23.7 Å². The van der Waals surface area contributed by atoms with Gasteiger partial charge in [-0.25, -0.2) is 4.98 Å². The molecule has 0 bridgehead atoms. The molecule has 0 fully saturated rings. The number of aromatic nitrogens is 2. The van der Waals surface area contributed by atoms with Crippen molar-refractivity contribution in [1.29, 1.82) is 0 Å². The van der Waals surface area contributed by atoms with Crippen LogP contribution in [0.2, 0.25) is 0 Å². The molecule has 90 valence electrons. The normalized spacial score (nSPS) is 10.9. The predicted octanol–water partition coefficient (Wildman–Crippen LogP) is 3.60. The van der Waals surface area contributed by atoms with Crippen molar-refractivity contribution >= 4 is 39.8 Å². The number of thioether (sulfide) groups is 1. The Hall–Kier alpha value is -1.59. The van der Waals surface area contributed by atoms with Gasteiger partial charge >= 0.3 is 0 Å². The van der Waals surface area contributed by atoms with Gasteiger partial charge in [-0.1, -0.05) is 30.0 Å². The first-order valence-corrected chi connectivity index (χ1v) is 7.33. The zero-order valence-corrected chi connectivity index (χ0v) is 11.1. The molecule has 0 spiro atoms. The number of ketones is 1. The number of carbonyl (C=O) groups excluding carboxylic acids is 1. The molecule has 3 aromatic rings. The molecule has 0 aliphatic heterocycles. The highest BCUT2D eigenvalue weighted by atomic mass is 32.2. The van der Waals surface area contributed by atoms with Crippen LogP contribution < -0.4 is 0 Å². The Labute approximate surface area is 112 Å². The van der Waals surface area contributed by atoms with Crippen molar-refractivity contribution in [2.75, 3.05) is 5.75 Å². The molecule has 0 aliphatic rings. The number of rotatable bonds is 4. The molecule has 0 unspecified atom stereocenters. The van der Waals surface area contributed by atoms with Crippen LogP contribution in [0.15, 0.2) is 46.4 Å². The first kappa shape index (κ1) is 11.5. The average molecular weight is 274 g/mol. The summed E-state index contributed by atoms with van der Waals surface area (Å²) in [7, 11) is 0. The summed E-state index contributed by atoms with van der Waals surface area (Å²) in [6.45, 7) is 0. The molecule has 0 aliphatic carbocycles. The van der Waals surface area contributed by atoms with E-state index in [9.17, 15) is 4.79 Å². The smallest absolute Gasteiger partial charge is 0.175 e. The van der Waals surface area contributed by atoms with Crippen molar-refractivity contribution in [2.45, 2.75) is 4.34 Å². The van der Waals surface area contributed by atoms with Crippen LogP contribution >= 0.6 is 23.1 Å². The third kappa shape index (κ3) is 2.19. The number of thiazole rings is 1. The van der Waals surface area contributed by atoms with Crippen molar-refractivity contribution in [2.24, 2.45) is 0 Å². The van der Waals surface area contributed by atoms with Crippen molar-refractivity contribution in [3.63, 3.8) is 0 Å². The maximum Gasteiger partial charge on any atom is 0.175 e. The van der Waals surface area contributed by atoms with Gasteiger partial charge in [0.05, 0.1) is 5.75 Å². The Kier molecular flexibility index (Phi) is 3.17. The largest absolute Gasteiger partial charge is 0.360 e. The molecule has 2 aromatic heterocycles. The Morgan fingerprint density at radius 2 is 2.28 bits per heavy atom. The van der Waals surface area contributed by atoms with E-state index in [0.717, 1.165) is 20.8 Å². The summed E-state index contributed by atoms with van der Waals surface area (Å²) in [6.07, 6.45) is 3.54. The van der Waals surface area contributed by atoms with Gasteiger partial charge in [-0.15, -0.1) is 11.3 Å². The van der Waals surface area contributed by atoms with E-state index in [4.69, 9.17) is 0 Å². The fraction of sp³-hybridized carbons (Fsp3) is 0.0769. The van der Waals surface area contributed by atoms with Gasteiger partial charge in [0.2, 0.25) is 0 Å². The second kappa shape index (κ2) is 4.96. The number of fused-ring (bicyclic) bond motifs is 1. The van der Waals surface area contributed by atoms with Crippen LogP contribution in [0.1, 0.15) is 10.4 Å². The van der Waals surface area contributed by atoms with Gasteiger partial charge in [-0.2, -0.15) is 0 Å². The first-order valence-electron chi connectivity index (χ1n) is 5.46. The van der Waals surface area contributed by atoms with E-state index in [1.807, 2.05) is 29.6 Å². The fourth-order valence-corrected chi connectivity index (χ4v) is 3.31. The molecule has 0 radical (unpaired) electrons. The first-order chi connectivity index (χ1) is 8.84. The second-order valence-corrected chi connectivity index (χ2v) is 5.87. The number of Topliss-reactive ketones (excluding diaryl/α,β-unsaturated/α-hetero) is 1. The molecule has 18 heavy (non-hydrogen) atoms. The zero-order chi connectivity index (χ0) is 12.4. The van der Waals surface area contributed by atoms with E-state index in [0.29, 0.717) is 5.75 Å². The van der Waals surface area contributed by atoms with Crippen LogP contribution in [0.5, 0.6) is 0 Å². The van der Waals surface area contributed by atoms with Crippen molar-refractivity contribution in [3.05, 3.63) is 47.6 Å². The minimum atomic E-state index is 0.132. The number of carbonyl (C=O) groups is 1. The lowest BCUT2D eigenvalue weighted by atomic mass is 10.1. The van der Waals surface area contributed by atoms with Crippen molar-refractivity contribution in [3.8, 4) is 0 Å². The third-order valence-electron chi connectivity index (χ3n) is 2.63. The van der Waals surface area contributed by atoms with E-state index in [1.165, 1.54) is 11.8 Å². The summed E-state index contributed by atoms with van der Waals surface area (Å²) in [5.74, 6) is 0.558. The molecule has 3 rings (SSSR count). The average Bonchev–Trinajstić information content (AvgIpc) is 3.05. The Balaban J connectivity index is 1.80. The number of nitrogens with one attached hydrogen (secondary N) is 1. The number of nitrogens with zero attached hydrogens (tertiary/aromatic N) is 1. The highest BCUT2D eigenvalue weighted by Gasteiger charge is 2.12. The highest BCUT2D eigenvalue weighted by molar-refractivity contribution is 8.01. The number of aromatic amines is 1. The van der Waals surface area contributed by atoms with Gasteiger partial charge in [0.25, 0.3) is 0 Å². The molecule has 0 saturated carbocycles. The predicted molar refractivity (Wildman–Crippen MR) is 75.5 cm³/mol.